The molecule has 0 saturated heterocycles. The predicted octanol–water partition coefficient (Wildman–Crippen LogP) is 2.39. The molecule has 116 valence electrons. The van der Waals surface area contributed by atoms with Crippen molar-refractivity contribution >= 4 is 17.3 Å². The molecule has 21 heavy (non-hydrogen) atoms. The van der Waals surface area contributed by atoms with E-state index in [2.05, 4.69) is 5.32 Å². The minimum Gasteiger partial charge on any atom is -0.506 e. The number of benzene rings is 1. The summed E-state index contributed by atoms with van der Waals surface area (Å²) in [7, 11) is 0. The first-order chi connectivity index (χ1) is 9.58. The number of hydrogen-bond donors (Lipinski definition) is 3. The summed E-state index contributed by atoms with van der Waals surface area (Å²) in [6, 6.07) is 3.13. The molecule has 0 spiro atoms. The molecule has 0 aliphatic rings. The minimum absolute atomic E-state index is 0.00731. The van der Waals surface area contributed by atoms with Crippen molar-refractivity contribution in [2.24, 2.45) is 11.1 Å². The van der Waals surface area contributed by atoms with Crippen molar-refractivity contribution in [2.45, 2.75) is 39.7 Å². The molecular weight excluding hydrogens is 274 g/mol. The fraction of sp³-hybridized carbons (Fsp3) is 0.500. The molecule has 0 aliphatic heterocycles. The van der Waals surface area contributed by atoms with Gasteiger partial charge in [-0.2, -0.15) is 0 Å². The molecule has 1 rings (SSSR count). The van der Waals surface area contributed by atoms with E-state index in [-0.39, 0.29) is 40.9 Å². The Morgan fingerprint density at radius 3 is 2.62 bits per heavy atom. The number of rotatable bonds is 5. The number of amides is 1. The number of carbonyl (C=O) groups excluding carboxylic acids is 1. The van der Waals surface area contributed by atoms with Gasteiger partial charge in [0.1, 0.15) is 5.75 Å². The zero-order valence-corrected chi connectivity index (χ0v) is 12.4. The summed E-state index contributed by atoms with van der Waals surface area (Å²) < 4.78 is 0. The summed E-state index contributed by atoms with van der Waals surface area (Å²) in [6.45, 7) is 6.07. The molecular formula is C14H21N3O4. The number of aromatic hydroxyl groups is 1. The Bertz CT molecular complexity index is 538. The van der Waals surface area contributed by atoms with Crippen molar-refractivity contribution in [3.63, 3.8) is 0 Å². The van der Waals surface area contributed by atoms with Crippen LogP contribution in [0.1, 0.15) is 33.6 Å². The van der Waals surface area contributed by atoms with Gasteiger partial charge in [0.05, 0.1) is 10.6 Å². The summed E-state index contributed by atoms with van der Waals surface area (Å²) in [5, 5.41) is 22.7. The van der Waals surface area contributed by atoms with Crippen LogP contribution in [0.5, 0.6) is 5.75 Å². The predicted molar refractivity (Wildman–Crippen MR) is 80.1 cm³/mol. The molecule has 1 unspecified atom stereocenters. The quantitative estimate of drug-likeness (QED) is 0.438. The van der Waals surface area contributed by atoms with Crippen LogP contribution in [0.2, 0.25) is 0 Å². The molecule has 1 amide bonds. The first-order valence-electron chi connectivity index (χ1n) is 6.61. The maximum atomic E-state index is 11.9. The van der Waals surface area contributed by atoms with E-state index in [4.69, 9.17) is 5.73 Å². The Morgan fingerprint density at radius 1 is 1.48 bits per heavy atom. The van der Waals surface area contributed by atoms with Crippen molar-refractivity contribution in [3.05, 3.63) is 28.3 Å². The van der Waals surface area contributed by atoms with Crippen LogP contribution in [-0.2, 0) is 4.79 Å². The van der Waals surface area contributed by atoms with Crippen LogP contribution in [0.25, 0.3) is 0 Å². The second kappa shape index (κ2) is 6.53. The fourth-order valence-electron chi connectivity index (χ4n) is 2.04. The highest BCUT2D eigenvalue weighted by molar-refractivity contribution is 5.93. The Morgan fingerprint density at radius 2 is 2.10 bits per heavy atom. The Labute approximate surface area is 123 Å². The van der Waals surface area contributed by atoms with E-state index in [0.717, 1.165) is 12.1 Å². The number of nitrogens with two attached hydrogens (primary N) is 1. The number of phenols is 1. The molecule has 0 aliphatic carbocycles. The average molecular weight is 295 g/mol. The van der Waals surface area contributed by atoms with Gasteiger partial charge in [-0.1, -0.05) is 20.8 Å². The van der Waals surface area contributed by atoms with Gasteiger partial charge in [0.2, 0.25) is 5.91 Å². The number of carbonyl (C=O) groups is 1. The zero-order valence-electron chi connectivity index (χ0n) is 12.4. The lowest BCUT2D eigenvalue weighted by atomic mass is 9.87. The number of nitro groups is 1. The van der Waals surface area contributed by atoms with Crippen molar-refractivity contribution in [1.29, 1.82) is 0 Å². The SMILES string of the molecule is CC(C)(C)CC(N)CC(=O)Nc1cc([N+](=O)[O-])ccc1O. The number of anilines is 1. The second-order valence-electron chi connectivity index (χ2n) is 6.24. The topological polar surface area (TPSA) is 118 Å². The van der Waals surface area contributed by atoms with Crippen LogP contribution < -0.4 is 11.1 Å². The van der Waals surface area contributed by atoms with Crippen molar-refractivity contribution in [3.8, 4) is 5.75 Å². The third-order valence-corrected chi connectivity index (χ3v) is 2.79. The third kappa shape index (κ3) is 5.78. The van der Waals surface area contributed by atoms with Gasteiger partial charge in [-0.05, 0) is 17.9 Å². The molecule has 1 aromatic carbocycles. The van der Waals surface area contributed by atoms with Crippen LogP contribution in [0.15, 0.2) is 18.2 Å². The fourth-order valence-corrected chi connectivity index (χ4v) is 2.04. The number of nitro benzene ring substituents is 1. The van der Waals surface area contributed by atoms with E-state index in [9.17, 15) is 20.0 Å². The summed E-state index contributed by atoms with van der Waals surface area (Å²) in [6.07, 6.45) is 0.751. The lowest BCUT2D eigenvalue weighted by molar-refractivity contribution is -0.384. The van der Waals surface area contributed by atoms with Crippen LogP contribution in [0.3, 0.4) is 0 Å². The largest absolute Gasteiger partial charge is 0.506 e. The molecule has 0 saturated carbocycles. The number of phenolic OH excluding ortho intramolecular Hbond substituents is 1. The van der Waals surface area contributed by atoms with Crippen LogP contribution in [0.4, 0.5) is 11.4 Å². The molecule has 1 atom stereocenters. The standard InChI is InChI=1S/C14H21N3O4/c1-14(2,3)8-9(15)6-13(19)16-11-7-10(17(20)21)4-5-12(11)18/h4-5,7,9,18H,6,8,15H2,1-3H3,(H,16,19). The highest BCUT2D eigenvalue weighted by Gasteiger charge is 2.19. The van der Waals surface area contributed by atoms with Gasteiger partial charge in [0.25, 0.3) is 5.69 Å². The van der Waals surface area contributed by atoms with E-state index in [1.807, 2.05) is 20.8 Å². The Kier molecular flexibility index (Phi) is 5.26. The molecule has 0 radical (unpaired) electrons. The van der Waals surface area contributed by atoms with E-state index in [0.29, 0.717) is 6.42 Å². The van der Waals surface area contributed by atoms with Crippen LogP contribution >= 0.6 is 0 Å². The summed E-state index contributed by atoms with van der Waals surface area (Å²) in [4.78, 5) is 21.9. The van der Waals surface area contributed by atoms with E-state index in [1.165, 1.54) is 6.07 Å². The maximum absolute atomic E-state index is 11.9. The second-order valence-corrected chi connectivity index (χ2v) is 6.24. The first kappa shape index (κ1) is 16.9. The monoisotopic (exact) mass is 295 g/mol. The zero-order chi connectivity index (χ0) is 16.2. The highest BCUT2D eigenvalue weighted by Crippen LogP contribution is 2.28. The van der Waals surface area contributed by atoms with Gasteiger partial charge in [0, 0.05) is 24.6 Å². The Hall–Kier alpha value is -2.15. The molecule has 7 heteroatoms. The summed E-state index contributed by atoms with van der Waals surface area (Å²) >= 11 is 0. The summed E-state index contributed by atoms with van der Waals surface area (Å²) in [5.74, 6) is -0.610. The lowest BCUT2D eigenvalue weighted by Crippen LogP contribution is -2.31. The molecule has 0 heterocycles. The van der Waals surface area contributed by atoms with E-state index in [1.54, 1.807) is 0 Å². The van der Waals surface area contributed by atoms with E-state index < -0.39 is 4.92 Å². The van der Waals surface area contributed by atoms with Crippen molar-refractivity contribution in [1.82, 2.24) is 0 Å². The molecule has 0 aromatic heterocycles. The minimum atomic E-state index is -0.597. The van der Waals surface area contributed by atoms with Crippen LogP contribution in [0, 0.1) is 15.5 Å². The molecule has 1 aromatic rings. The molecule has 0 bridgehead atoms. The van der Waals surface area contributed by atoms with Crippen molar-refractivity contribution < 1.29 is 14.8 Å². The van der Waals surface area contributed by atoms with E-state index >= 15 is 0 Å². The normalized spacial score (nSPS) is 12.8. The average Bonchev–Trinajstić information content (AvgIpc) is 2.28. The number of nitrogens with one attached hydrogen (secondary N) is 1. The van der Waals surface area contributed by atoms with Gasteiger partial charge in [-0.25, -0.2) is 0 Å². The Balaban J connectivity index is 2.71. The number of non-ortho nitro benzene ring substituents is 1. The van der Waals surface area contributed by atoms with Gasteiger partial charge < -0.3 is 16.2 Å². The summed E-state index contributed by atoms with van der Waals surface area (Å²) in [5.41, 5.74) is 5.71. The molecule has 0 fully saturated rings. The van der Waals surface area contributed by atoms with Gasteiger partial charge >= 0.3 is 0 Å². The lowest BCUT2D eigenvalue weighted by Gasteiger charge is -2.22. The van der Waals surface area contributed by atoms with Crippen molar-refractivity contribution in [2.75, 3.05) is 5.32 Å². The number of hydrogen-bond acceptors (Lipinski definition) is 5. The molecule has 7 nitrogen and oxygen atoms in total. The third-order valence-electron chi connectivity index (χ3n) is 2.79. The van der Waals surface area contributed by atoms with Gasteiger partial charge in [0.15, 0.2) is 0 Å². The smallest absolute Gasteiger partial charge is 0.271 e. The maximum Gasteiger partial charge on any atom is 0.271 e. The first-order valence-corrected chi connectivity index (χ1v) is 6.61. The van der Waals surface area contributed by atoms with Gasteiger partial charge in [-0.15, -0.1) is 0 Å². The highest BCUT2D eigenvalue weighted by atomic mass is 16.6. The van der Waals surface area contributed by atoms with Crippen LogP contribution in [-0.4, -0.2) is 22.0 Å². The number of nitrogens with zero attached hydrogens (tertiary/aromatic N) is 1. The molecule has 4 N–H and O–H groups in total. The van der Waals surface area contributed by atoms with Gasteiger partial charge in [-0.3, -0.25) is 14.9 Å².